The van der Waals surface area contributed by atoms with E-state index < -0.39 is 35.9 Å². The Morgan fingerprint density at radius 2 is 1.71 bits per heavy atom. The number of rotatable bonds is 5. The number of amides is 3. The van der Waals surface area contributed by atoms with Crippen LogP contribution in [0.3, 0.4) is 0 Å². The molecule has 1 aromatic rings. The first-order valence-electron chi connectivity index (χ1n) is 9.39. The third-order valence-electron chi connectivity index (χ3n) is 5.22. The fraction of sp³-hybridized carbons (Fsp3) is 0.429. The molecule has 7 nitrogen and oxygen atoms in total. The molecule has 1 N–H and O–H groups in total. The van der Waals surface area contributed by atoms with Crippen LogP contribution >= 0.6 is 0 Å². The highest BCUT2D eigenvalue weighted by atomic mass is 16.5. The number of carbonyl (C=O) groups excluding carboxylic acids is 4. The number of ether oxygens (including phenoxy) is 1. The van der Waals surface area contributed by atoms with E-state index in [4.69, 9.17) is 4.74 Å². The Bertz CT molecular complexity index is 821. The second-order valence-electron chi connectivity index (χ2n) is 7.32. The molecule has 0 unspecified atom stereocenters. The average molecular weight is 384 g/mol. The number of likely N-dealkylation sites (tertiary alicyclic amines) is 1. The lowest BCUT2D eigenvalue weighted by molar-refractivity contribution is -0.163. The van der Waals surface area contributed by atoms with E-state index in [-0.39, 0.29) is 11.8 Å². The molecule has 0 bridgehead atoms. The first kappa shape index (κ1) is 19.8. The third-order valence-corrected chi connectivity index (χ3v) is 5.22. The van der Waals surface area contributed by atoms with Gasteiger partial charge in [0.1, 0.15) is 6.04 Å². The number of benzene rings is 1. The maximum Gasteiger partial charge on any atom is 0.329 e. The molecule has 28 heavy (non-hydrogen) atoms. The summed E-state index contributed by atoms with van der Waals surface area (Å²) in [5.74, 6) is -2.77. The van der Waals surface area contributed by atoms with Crippen LogP contribution in [-0.4, -0.2) is 40.7 Å². The van der Waals surface area contributed by atoms with E-state index >= 15 is 0 Å². The third kappa shape index (κ3) is 3.83. The average Bonchev–Trinajstić information content (AvgIpc) is 2.92. The van der Waals surface area contributed by atoms with Gasteiger partial charge in [-0.1, -0.05) is 24.3 Å². The summed E-state index contributed by atoms with van der Waals surface area (Å²) in [7, 11) is 0. The number of esters is 1. The number of carbonyl (C=O) groups is 4. The molecule has 1 aliphatic heterocycles. The van der Waals surface area contributed by atoms with E-state index in [0.717, 1.165) is 10.5 Å². The number of hydrogen-bond acceptors (Lipinski definition) is 5. The number of allylic oxidation sites excluding steroid dienone is 2. The Morgan fingerprint density at radius 3 is 2.29 bits per heavy atom. The molecule has 0 aromatic heterocycles. The number of hydrogen-bond donors (Lipinski definition) is 1. The summed E-state index contributed by atoms with van der Waals surface area (Å²) >= 11 is 0. The first-order valence-corrected chi connectivity index (χ1v) is 9.39. The maximum atomic E-state index is 12.6. The van der Waals surface area contributed by atoms with Crippen LogP contribution < -0.4 is 5.32 Å². The SMILES string of the molecule is Cc1cccc(NC(=O)[C@H](C)OC(=O)[C@H](C)N2C(=O)[C@H]3CC=CC[C@H]3C2=O)c1. The Kier molecular flexibility index (Phi) is 5.63. The fourth-order valence-electron chi connectivity index (χ4n) is 3.61. The molecule has 3 amide bonds. The minimum absolute atomic E-state index is 0.347. The zero-order valence-electron chi connectivity index (χ0n) is 16.2. The number of aryl methyl sites for hydroxylation is 1. The summed E-state index contributed by atoms with van der Waals surface area (Å²) < 4.78 is 5.23. The van der Waals surface area contributed by atoms with E-state index in [0.29, 0.717) is 18.5 Å². The molecule has 0 spiro atoms. The highest BCUT2D eigenvalue weighted by Crippen LogP contribution is 2.36. The van der Waals surface area contributed by atoms with Gasteiger partial charge in [0, 0.05) is 5.69 Å². The van der Waals surface area contributed by atoms with Gasteiger partial charge in [-0.2, -0.15) is 0 Å². The zero-order valence-corrected chi connectivity index (χ0v) is 16.2. The molecular formula is C21H24N2O5. The highest BCUT2D eigenvalue weighted by molar-refractivity contribution is 6.08. The Morgan fingerprint density at radius 1 is 1.11 bits per heavy atom. The highest BCUT2D eigenvalue weighted by Gasteiger charge is 2.50. The lowest BCUT2D eigenvalue weighted by atomic mass is 9.85. The van der Waals surface area contributed by atoms with Gasteiger partial charge in [0.2, 0.25) is 11.8 Å². The number of anilines is 1. The molecule has 1 aliphatic carbocycles. The molecule has 148 valence electrons. The Hall–Kier alpha value is -2.96. The van der Waals surface area contributed by atoms with Gasteiger partial charge >= 0.3 is 5.97 Å². The smallest absolute Gasteiger partial charge is 0.329 e. The second-order valence-corrected chi connectivity index (χ2v) is 7.32. The molecule has 1 aromatic carbocycles. The minimum atomic E-state index is -1.07. The van der Waals surface area contributed by atoms with E-state index in [1.165, 1.54) is 13.8 Å². The van der Waals surface area contributed by atoms with Crippen molar-refractivity contribution >= 4 is 29.4 Å². The van der Waals surface area contributed by atoms with Crippen LogP contribution in [0.5, 0.6) is 0 Å². The summed E-state index contributed by atoms with van der Waals surface area (Å²) in [6.07, 6.45) is 3.71. The van der Waals surface area contributed by atoms with Gasteiger partial charge in [0.25, 0.3) is 5.91 Å². The van der Waals surface area contributed by atoms with Crippen molar-refractivity contribution in [3.63, 3.8) is 0 Å². The van der Waals surface area contributed by atoms with Crippen LogP contribution in [0.15, 0.2) is 36.4 Å². The van der Waals surface area contributed by atoms with Gasteiger partial charge in [0.15, 0.2) is 6.10 Å². The quantitative estimate of drug-likeness (QED) is 0.477. The number of nitrogens with zero attached hydrogens (tertiary/aromatic N) is 1. The minimum Gasteiger partial charge on any atom is -0.451 e. The molecular weight excluding hydrogens is 360 g/mol. The van der Waals surface area contributed by atoms with E-state index in [1.807, 2.05) is 31.2 Å². The molecule has 7 heteroatoms. The van der Waals surface area contributed by atoms with E-state index in [1.54, 1.807) is 12.1 Å². The molecule has 0 saturated carbocycles. The normalized spacial score (nSPS) is 23.2. The zero-order chi connectivity index (χ0) is 20.4. The van der Waals surface area contributed by atoms with Crippen molar-refractivity contribution in [3.8, 4) is 0 Å². The van der Waals surface area contributed by atoms with Gasteiger partial charge in [-0.25, -0.2) is 4.79 Å². The van der Waals surface area contributed by atoms with Crippen molar-refractivity contribution in [2.75, 3.05) is 5.32 Å². The molecule has 3 rings (SSSR count). The Balaban J connectivity index is 1.61. The van der Waals surface area contributed by atoms with Crippen LogP contribution in [0.1, 0.15) is 32.3 Å². The van der Waals surface area contributed by atoms with Crippen LogP contribution in [0, 0.1) is 18.8 Å². The lowest BCUT2D eigenvalue weighted by Gasteiger charge is -2.23. The molecule has 1 saturated heterocycles. The van der Waals surface area contributed by atoms with Crippen LogP contribution in [0.2, 0.25) is 0 Å². The van der Waals surface area contributed by atoms with Gasteiger partial charge in [0.05, 0.1) is 11.8 Å². The van der Waals surface area contributed by atoms with Gasteiger partial charge in [-0.15, -0.1) is 0 Å². The predicted molar refractivity (Wildman–Crippen MR) is 102 cm³/mol. The Labute approximate surface area is 163 Å². The molecule has 0 radical (unpaired) electrons. The topological polar surface area (TPSA) is 92.8 Å². The molecule has 2 aliphatic rings. The number of nitrogens with one attached hydrogen (secondary N) is 1. The monoisotopic (exact) mass is 384 g/mol. The van der Waals surface area contributed by atoms with Crippen molar-refractivity contribution in [2.45, 2.75) is 45.8 Å². The predicted octanol–water partition coefficient (Wildman–Crippen LogP) is 2.20. The maximum absolute atomic E-state index is 12.6. The van der Waals surface area contributed by atoms with Crippen molar-refractivity contribution in [1.82, 2.24) is 4.90 Å². The summed E-state index contributed by atoms with van der Waals surface area (Å²) in [6.45, 7) is 4.80. The molecule has 4 atom stereocenters. The first-order chi connectivity index (χ1) is 13.3. The van der Waals surface area contributed by atoms with Gasteiger partial charge < -0.3 is 10.1 Å². The van der Waals surface area contributed by atoms with Crippen molar-refractivity contribution < 1.29 is 23.9 Å². The van der Waals surface area contributed by atoms with Crippen LogP contribution in [0.25, 0.3) is 0 Å². The summed E-state index contributed by atoms with van der Waals surface area (Å²) in [5, 5.41) is 2.68. The van der Waals surface area contributed by atoms with Crippen molar-refractivity contribution in [3.05, 3.63) is 42.0 Å². The second kappa shape index (κ2) is 7.96. The van der Waals surface area contributed by atoms with Crippen LogP contribution in [0.4, 0.5) is 5.69 Å². The van der Waals surface area contributed by atoms with E-state index in [9.17, 15) is 19.2 Å². The molecule has 1 fully saturated rings. The number of fused-ring (bicyclic) bond motifs is 1. The number of imide groups is 1. The van der Waals surface area contributed by atoms with Crippen molar-refractivity contribution in [2.24, 2.45) is 11.8 Å². The fourth-order valence-corrected chi connectivity index (χ4v) is 3.61. The summed E-state index contributed by atoms with van der Waals surface area (Å²) in [6, 6.07) is 6.17. The van der Waals surface area contributed by atoms with Gasteiger partial charge in [-0.05, 0) is 51.3 Å². The summed E-state index contributed by atoms with van der Waals surface area (Å²) in [4.78, 5) is 50.9. The van der Waals surface area contributed by atoms with Gasteiger partial charge in [-0.3, -0.25) is 19.3 Å². The van der Waals surface area contributed by atoms with E-state index in [2.05, 4.69) is 5.32 Å². The van der Waals surface area contributed by atoms with Crippen LogP contribution in [-0.2, 0) is 23.9 Å². The summed E-state index contributed by atoms with van der Waals surface area (Å²) in [5.41, 5.74) is 1.58. The lowest BCUT2D eigenvalue weighted by Crippen LogP contribution is -2.46. The largest absolute Gasteiger partial charge is 0.451 e. The van der Waals surface area contributed by atoms with Crippen molar-refractivity contribution in [1.29, 1.82) is 0 Å². The standard InChI is InChI=1S/C21H24N2O5/c1-12-7-6-8-15(11-12)22-18(24)14(3)28-21(27)13(2)23-19(25)16-9-4-5-10-17(16)20(23)26/h4-8,11,13-14,16-17H,9-10H2,1-3H3,(H,22,24)/t13-,14-,16-,17+/m0/s1. The molecule has 1 heterocycles.